The van der Waals surface area contributed by atoms with E-state index in [1.54, 1.807) is 0 Å². The van der Waals surface area contributed by atoms with Crippen LogP contribution in [0.3, 0.4) is 0 Å². The van der Waals surface area contributed by atoms with Crippen LogP contribution in [0.1, 0.15) is 48.2 Å². The van der Waals surface area contributed by atoms with Crippen LogP contribution < -0.4 is 10.2 Å². The highest BCUT2D eigenvalue weighted by Crippen LogP contribution is 2.39. The van der Waals surface area contributed by atoms with Gasteiger partial charge in [-0.1, -0.05) is 0 Å². The van der Waals surface area contributed by atoms with Crippen molar-refractivity contribution in [3.63, 3.8) is 0 Å². The second-order valence-corrected chi connectivity index (χ2v) is 8.06. The predicted molar refractivity (Wildman–Crippen MR) is 103 cm³/mol. The Morgan fingerprint density at radius 3 is 2.61 bits per heavy atom. The number of halogens is 5. The lowest BCUT2D eigenvalue weighted by Gasteiger charge is -2.30. The zero-order chi connectivity index (χ0) is 22.2. The van der Waals surface area contributed by atoms with Crippen molar-refractivity contribution in [2.45, 2.75) is 51.0 Å². The van der Waals surface area contributed by atoms with Gasteiger partial charge in [-0.25, -0.2) is 0 Å². The van der Waals surface area contributed by atoms with E-state index in [9.17, 15) is 26.7 Å². The number of carbonyl (C=O) groups excluding carboxylic acids is 1. The number of alkyl halides is 5. The molecule has 1 amide bonds. The second-order valence-electron chi connectivity index (χ2n) is 8.06. The van der Waals surface area contributed by atoms with Crippen LogP contribution in [0.4, 0.5) is 27.6 Å². The number of hydrogen-bond donors (Lipinski definition) is 1. The normalized spacial score (nSPS) is 22.5. The van der Waals surface area contributed by atoms with Gasteiger partial charge in [0.05, 0.1) is 17.4 Å². The molecule has 0 spiro atoms. The molecule has 0 unspecified atom stereocenters. The minimum absolute atomic E-state index is 0.0147. The summed E-state index contributed by atoms with van der Waals surface area (Å²) in [6, 6.07) is 3.20. The summed E-state index contributed by atoms with van der Waals surface area (Å²) in [5.41, 5.74) is -0.193. The van der Waals surface area contributed by atoms with Crippen molar-refractivity contribution in [2.24, 2.45) is 5.92 Å². The number of rotatable bonds is 5. The van der Waals surface area contributed by atoms with Crippen LogP contribution in [0.5, 0.6) is 0 Å². The number of nitrogens with zero attached hydrogens (tertiary/aromatic N) is 1. The Balaban J connectivity index is 1.53. The molecule has 2 aliphatic rings. The van der Waals surface area contributed by atoms with E-state index in [1.807, 2.05) is 4.90 Å². The molecule has 170 valence electrons. The first kappa shape index (κ1) is 21.9. The summed E-state index contributed by atoms with van der Waals surface area (Å²) in [5.74, 6) is -0.135. The molecule has 1 aromatic heterocycles. The zero-order valence-electron chi connectivity index (χ0n) is 16.7. The Bertz CT molecular complexity index is 935. The molecular formula is C21H23F5N2O3. The van der Waals surface area contributed by atoms with Crippen molar-refractivity contribution >= 4 is 22.6 Å². The van der Waals surface area contributed by atoms with Gasteiger partial charge in [-0.15, -0.1) is 0 Å². The Morgan fingerprint density at radius 2 is 1.94 bits per heavy atom. The summed E-state index contributed by atoms with van der Waals surface area (Å²) in [4.78, 5) is 14.3. The van der Waals surface area contributed by atoms with Crippen molar-refractivity contribution in [3.05, 3.63) is 29.5 Å². The van der Waals surface area contributed by atoms with E-state index < -0.39 is 30.4 Å². The minimum Gasteiger partial charge on any atom is -0.449 e. The van der Waals surface area contributed by atoms with E-state index in [0.717, 1.165) is 31.4 Å². The van der Waals surface area contributed by atoms with Crippen LogP contribution in [-0.4, -0.2) is 38.3 Å². The number of ether oxygens (including phenoxy) is 1. The van der Waals surface area contributed by atoms with Gasteiger partial charge in [0.1, 0.15) is 5.58 Å². The third-order valence-corrected chi connectivity index (χ3v) is 6.08. The third-order valence-electron chi connectivity index (χ3n) is 6.08. The van der Waals surface area contributed by atoms with Crippen LogP contribution in [0, 0.1) is 5.92 Å². The molecule has 1 N–H and O–H groups in total. The molecule has 1 fully saturated rings. The maximum Gasteiger partial charge on any atom is 0.416 e. The molecule has 1 aliphatic heterocycles. The maximum atomic E-state index is 13.2. The zero-order valence-corrected chi connectivity index (χ0v) is 16.7. The SMILES string of the molecule is O=C1NCCN(CCC2CCC(OC(F)F)CC2)c2c1oc1ccc(C(F)(F)F)cc21. The molecule has 4 rings (SSSR count). The summed E-state index contributed by atoms with van der Waals surface area (Å²) >= 11 is 0. The topological polar surface area (TPSA) is 54.7 Å². The largest absolute Gasteiger partial charge is 0.449 e. The third kappa shape index (κ3) is 4.78. The molecule has 2 heterocycles. The Hall–Kier alpha value is -2.36. The van der Waals surface area contributed by atoms with Crippen LogP contribution >= 0.6 is 0 Å². The number of furan rings is 1. The van der Waals surface area contributed by atoms with Crippen molar-refractivity contribution < 1.29 is 35.9 Å². The van der Waals surface area contributed by atoms with Gasteiger partial charge in [0.2, 0.25) is 5.76 Å². The Kier molecular flexibility index (Phi) is 6.09. The Morgan fingerprint density at radius 1 is 1.19 bits per heavy atom. The van der Waals surface area contributed by atoms with Gasteiger partial charge in [0.15, 0.2) is 0 Å². The van der Waals surface area contributed by atoms with E-state index >= 15 is 0 Å². The van der Waals surface area contributed by atoms with Crippen molar-refractivity contribution in [3.8, 4) is 0 Å². The average Bonchev–Trinajstić information content (AvgIpc) is 3.02. The summed E-state index contributed by atoms with van der Waals surface area (Å²) in [6.45, 7) is -1.46. The van der Waals surface area contributed by atoms with Gasteiger partial charge in [0.25, 0.3) is 5.91 Å². The molecule has 0 bridgehead atoms. The fraction of sp³-hybridized carbons (Fsp3) is 0.571. The highest BCUT2D eigenvalue weighted by molar-refractivity contribution is 6.07. The molecule has 1 saturated carbocycles. The molecule has 1 aliphatic carbocycles. The van der Waals surface area contributed by atoms with Crippen LogP contribution in [0.25, 0.3) is 11.0 Å². The van der Waals surface area contributed by atoms with E-state index in [1.165, 1.54) is 6.07 Å². The fourth-order valence-corrected chi connectivity index (χ4v) is 4.49. The highest BCUT2D eigenvalue weighted by atomic mass is 19.4. The summed E-state index contributed by atoms with van der Waals surface area (Å²) in [5, 5.41) is 2.97. The first-order valence-electron chi connectivity index (χ1n) is 10.3. The molecule has 1 aromatic carbocycles. The molecule has 0 atom stereocenters. The number of carbonyl (C=O) groups is 1. The Labute approximate surface area is 175 Å². The smallest absolute Gasteiger partial charge is 0.416 e. The van der Waals surface area contributed by atoms with E-state index in [-0.39, 0.29) is 16.7 Å². The average molecular weight is 446 g/mol. The quantitative estimate of drug-likeness (QED) is 0.643. The van der Waals surface area contributed by atoms with Crippen LogP contribution in [0.2, 0.25) is 0 Å². The number of fused-ring (bicyclic) bond motifs is 3. The van der Waals surface area contributed by atoms with Crippen LogP contribution in [0.15, 0.2) is 22.6 Å². The summed E-state index contributed by atoms with van der Waals surface area (Å²) in [7, 11) is 0. The van der Waals surface area contributed by atoms with Gasteiger partial charge in [0, 0.05) is 25.0 Å². The first-order valence-corrected chi connectivity index (χ1v) is 10.3. The lowest BCUT2D eigenvalue weighted by Crippen LogP contribution is -2.32. The van der Waals surface area contributed by atoms with Crippen LogP contribution in [-0.2, 0) is 10.9 Å². The monoisotopic (exact) mass is 446 g/mol. The number of amides is 1. The van der Waals surface area contributed by atoms with Gasteiger partial charge < -0.3 is 19.4 Å². The predicted octanol–water partition coefficient (Wildman–Crippen LogP) is 5.19. The van der Waals surface area contributed by atoms with Gasteiger partial charge in [-0.3, -0.25) is 4.79 Å². The highest BCUT2D eigenvalue weighted by Gasteiger charge is 2.34. The van der Waals surface area contributed by atoms with Crippen molar-refractivity contribution in [1.82, 2.24) is 5.32 Å². The van der Waals surface area contributed by atoms with E-state index in [0.29, 0.717) is 44.1 Å². The fourth-order valence-electron chi connectivity index (χ4n) is 4.49. The lowest BCUT2D eigenvalue weighted by atomic mass is 9.85. The van der Waals surface area contributed by atoms with Crippen molar-refractivity contribution in [1.29, 1.82) is 0 Å². The van der Waals surface area contributed by atoms with E-state index in [4.69, 9.17) is 4.42 Å². The second kappa shape index (κ2) is 8.64. The number of benzene rings is 1. The molecule has 10 heteroatoms. The number of nitrogens with one attached hydrogen (secondary N) is 1. The molecule has 2 aromatic rings. The first-order chi connectivity index (χ1) is 14.7. The molecule has 5 nitrogen and oxygen atoms in total. The lowest BCUT2D eigenvalue weighted by molar-refractivity contribution is -0.171. The maximum absolute atomic E-state index is 13.2. The van der Waals surface area contributed by atoms with Gasteiger partial charge >= 0.3 is 12.8 Å². The number of hydrogen-bond acceptors (Lipinski definition) is 4. The summed E-state index contributed by atoms with van der Waals surface area (Å²) < 4.78 is 74.6. The summed E-state index contributed by atoms with van der Waals surface area (Å²) in [6.07, 6.45) is -1.58. The number of anilines is 1. The molecule has 0 saturated heterocycles. The van der Waals surface area contributed by atoms with Crippen molar-refractivity contribution in [2.75, 3.05) is 24.5 Å². The minimum atomic E-state index is -4.50. The standard InChI is InChI=1S/C21H23F5N2O3/c22-20(23)30-14-4-1-12(2-5-14)7-9-28-10-8-27-19(29)18-17(28)15-11-13(21(24,25)26)3-6-16(15)31-18/h3,6,11-12,14,20H,1-2,4-5,7-10H2,(H,27,29). The molecular weight excluding hydrogens is 423 g/mol. The van der Waals surface area contributed by atoms with Gasteiger partial charge in [-0.05, 0) is 56.2 Å². The molecule has 31 heavy (non-hydrogen) atoms. The van der Waals surface area contributed by atoms with E-state index in [2.05, 4.69) is 10.1 Å². The van der Waals surface area contributed by atoms with Gasteiger partial charge in [-0.2, -0.15) is 22.0 Å². The molecule has 0 radical (unpaired) electrons.